The van der Waals surface area contributed by atoms with Gasteiger partial charge in [0.1, 0.15) is 12.9 Å². The number of carbonyl (C=O) groups excluding carboxylic acids is 2. The molecule has 8 nitrogen and oxygen atoms in total. The Morgan fingerprint density at radius 2 is 2.08 bits per heavy atom. The molecule has 3 N–H and O–H groups in total. The van der Waals surface area contributed by atoms with E-state index in [1.165, 1.54) is 11.0 Å². The molecule has 8 heteroatoms. The average Bonchev–Trinajstić information content (AvgIpc) is 2.99. The normalized spacial score (nSPS) is 15.2. The molecule has 1 aromatic heterocycles. The first-order valence-electron chi connectivity index (χ1n) is 8.33. The molecular weight excluding hydrogens is 320 g/mol. The standard InChI is InChI=1S/C17H22N6O2/c1-12(14-8-18-9-14)16(25)21-17-20-11-23(22-17)10-15(24)19-7-13-5-3-2-4-6-13/h2-6,11-12,14,18H,7-10H2,1H3,(H,19,24)(H,21,22,25). The van der Waals surface area contributed by atoms with E-state index in [9.17, 15) is 9.59 Å². The van der Waals surface area contributed by atoms with Crippen molar-refractivity contribution in [1.29, 1.82) is 0 Å². The molecule has 0 radical (unpaired) electrons. The van der Waals surface area contributed by atoms with Gasteiger partial charge in [0, 0.05) is 12.5 Å². The van der Waals surface area contributed by atoms with E-state index < -0.39 is 0 Å². The molecule has 0 aliphatic carbocycles. The molecule has 3 rings (SSSR count). The third-order valence-corrected chi connectivity index (χ3v) is 4.34. The summed E-state index contributed by atoms with van der Waals surface area (Å²) in [6.45, 7) is 4.13. The summed E-state index contributed by atoms with van der Waals surface area (Å²) in [7, 11) is 0. The lowest BCUT2D eigenvalue weighted by Gasteiger charge is -2.31. The molecule has 2 aromatic rings. The fourth-order valence-corrected chi connectivity index (χ4v) is 2.53. The number of carbonyl (C=O) groups is 2. The van der Waals surface area contributed by atoms with Crippen LogP contribution >= 0.6 is 0 Å². The highest BCUT2D eigenvalue weighted by atomic mass is 16.2. The predicted octanol–water partition coefficient (Wildman–Crippen LogP) is 0.388. The summed E-state index contributed by atoms with van der Waals surface area (Å²) in [5.41, 5.74) is 1.03. The van der Waals surface area contributed by atoms with Crippen molar-refractivity contribution in [3.8, 4) is 0 Å². The minimum atomic E-state index is -0.166. The predicted molar refractivity (Wildman–Crippen MR) is 92.5 cm³/mol. The number of hydrogen-bond donors (Lipinski definition) is 3. The SMILES string of the molecule is CC(C(=O)Nc1ncn(CC(=O)NCc2ccccc2)n1)C1CNC1. The van der Waals surface area contributed by atoms with Crippen LogP contribution in [0.4, 0.5) is 5.95 Å². The third kappa shape index (κ3) is 4.63. The summed E-state index contributed by atoms with van der Waals surface area (Å²) in [5.74, 6) is 0.214. The summed E-state index contributed by atoms with van der Waals surface area (Å²) in [6, 6.07) is 9.67. The summed E-state index contributed by atoms with van der Waals surface area (Å²) in [5, 5.41) is 12.8. The Balaban J connectivity index is 1.46. The Morgan fingerprint density at radius 3 is 2.76 bits per heavy atom. The number of benzene rings is 1. The minimum absolute atomic E-state index is 0.0534. The van der Waals surface area contributed by atoms with E-state index in [0.717, 1.165) is 18.7 Å². The fraction of sp³-hybridized carbons (Fsp3) is 0.412. The van der Waals surface area contributed by atoms with E-state index >= 15 is 0 Å². The van der Waals surface area contributed by atoms with Crippen LogP contribution < -0.4 is 16.0 Å². The Bertz CT molecular complexity index is 726. The molecule has 1 aliphatic heterocycles. The van der Waals surface area contributed by atoms with E-state index in [4.69, 9.17) is 0 Å². The van der Waals surface area contributed by atoms with Crippen molar-refractivity contribution in [2.75, 3.05) is 18.4 Å². The van der Waals surface area contributed by atoms with Gasteiger partial charge in [-0.3, -0.25) is 14.9 Å². The molecule has 1 fully saturated rings. The first-order chi connectivity index (χ1) is 12.1. The highest BCUT2D eigenvalue weighted by Crippen LogP contribution is 2.17. The Hall–Kier alpha value is -2.74. The largest absolute Gasteiger partial charge is 0.350 e. The molecule has 1 saturated heterocycles. The van der Waals surface area contributed by atoms with Gasteiger partial charge in [0.25, 0.3) is 0 Å². The molecule has 0 bridgehead atoms. The van der Waals surface area contributed by atoms with Crippen LogP contribution in [0.2, 0.25) is 0 Å². The molecule has 0 spiro atoms. The molecule has 1 unspecified atom stereocenters. The summed E-state index contributed by atoms with van der Waals surface area (Å²) >= 11 is 0. The monoisotopic (exact) mass is 342 g/mol. The topological polar surface area (TPSA) is 101 Å². The van der Waals surface area contributed by atoms with Crippen LogP contribution in [-0.2, 0) is 22.7 Å². The van der Waals surface area contributed by atoms with Gasteiger partial charge in [-0.1, -0.05) is 37.3 Å². The number of nitrogens with zero attached hydrogens (tertiary/aromatic N) is 3. The molecule has 1 aliphatic rings. The van der Waals surface area contributed by atoms with Crippen molar-refractivity contribution < 1.29 is 9.59 Å². The van der Waals surface area contributed by atoms with E-state index in [2.05, 4.69) is 26.0 Å². The lowest BCUT2D eigenvalue weighted by atomic mass is 9.88. The van der Waals surface area contributed by atoms with Crippen LogP contribution in [0.1, 0.15) is 12.5 Å². The van der Waals surface area contributed by atoms with Crippen LogP contribution in [0.5, 0.6) is 0 Å². The van der Waals surface area contributed by atoms with Crippen molar-refractivity contribution >= 4 is 17.8 Å². The van der Waals surface area contributed by atoms with Gasteiger partial charge < -0.3 is 10.6 Å². The Morgan fingerprint density at radius 1 is 1.32 bits per heavy atom. The molecular formula is C17H22N6O2. The van der Waals surface area contributed by atoms with E-state index in [1.54, 1.807) is 0 Å². The van der Waals surface area contributed by atoms with Gasteiger partial charge in [0.05, 0.1) is 0 Å². The smallest absolute Gasteiger partial charge is 0.248 e. The van der Waals surface area contributed by atoms with Crippen molar-refractivity contribution in [2.45, 2.75) is 20.0 Å². The summed E-state index contributed by atoms with van der Waals surface area (Å²) in [4.78, 5) is 28.1. The number of nitrogens with one attached hydrogen (secondary N) is 3. The maximum atomic E-state index is 12.1. The van der Waals surface area contributed by atoms with Gasteiger partial charge in [-0.2, -0.15) is 0 Å². The quantitative estimate of drug-likeness (QED) is 0.676. The van der Waals surface area contributed by atoms with Crippen LogP contribution in [0.15, 0.2) is 36.7 Å². The van der Waals surface area contributed by atoms with E-state index in [-0.39, 0.29) is 30.2 Å². The molecule has 0 saturated carbocycles. The second kappa shape index (κ2) is 7.89. The van der Waals surface area contributed by atoms with E-state index in [1.807, 2.05) is 37.3 Å². The molecule has 2 amide bonds. The Kier molecular flexibility index (Phi) is 5.39. The zero-order valence-electron chi connectivity index (χ0n) is 14.1. The van der Waals surface area contributed by atoms with Crippen molar-refractivity contribution in [1.82, 2.24) is 25.4 Å². The Labute approximate surface area is 146 Å². The summed E-state index contributed by atoms with van der Waals surface area (Å²) < 4.78 is 1.41. The van der Waals surface area contributed by atoms with Gasteiger partial charge >= 0.3 is 0 Å². The maximum absolute atomic E-state index is 12.1. The number of rotatable bonds is 7. The molecule has 2 heterocycles. The van der Waals surface area contributed by atoms with Gasteiger partial charge in [-0.15, -0.1) is 5.10 Å². The molecule has 1 atom stereocenters. The first kappa shape index (κ1) is 17.1. The highest BCUT2D eigenvalue weighted by molar-refractivity contribution is 5.90. The van der Waals surface area contributed by atoms with Crippen LogP contribution in [-0.4, -0.2) is 39.7 Å². The first-order valence-corrected chi connectivity index (χ1v) is 8.33. The van der Waals surface area contributed by atoms with Crippen LogP contribution in [0, 0.1) is 11.8 Å². The third-order valence-electron chi connectivity index (χ3n) is 4.34. The van der Waals surface area contributed by atoms with Gasteiger partial charge in [0.15, 0.2) is 0 Å². The lowest BCUT2D eigenvalue weighted by Crippen LogP contribution is -2.48. The number of amides is 2. The number of hydrogen-bond acceptors (Lipinski definition) is 5. The van der Waals surface area contributed by atoms with Crippen molar-refractivity contribution in [3.63, 3.8) is 0 Å². The van der Waals surface area contributed by atoms with Gasteiger partial charge in [-0.25, -0.2) is 9.67 Å². The molecule has 25 heavy (non-hydrogen) atoms. The minimum Gasteiger partial charge on any atom is -0.350 e. The van der Waals surface area contributed by atoms with Crippen molar-refractivity contribution in [2.24, 2.45) is 11.8 Å². The molecule has 1 aromatic carbocycles. The highest BCUT2D eigenvalue weighted by Gasteiger charge is 2.29. The fourth-order valence-electron chi connectivity index (χ4n) is 2.53. The average molecular weight is 342 g/mol. The second-order valence-electron chi connectivity index (χ2n) is 6.22. The van der Waals surface area contributed by atoms with Gasteiger partial charge in [-0.05, 0) is 24.6 Å². The van der Waals surface area contributed by atoms with Crippen LogP contribution in [0.3, 0.4) is 0 Å². The molecule has 132 valence electrons. The second-order valence-corrected chi connectivity index (χ2v) is 6.22. The van der Waals surface area contributed by atoms with Gasteiger partial charge in [0.2, 0.25) is 17.8 Å². The maximum Gasteiger partial charge on any atom is 0.248 e. The van der Waals surface area contributed by atoms with Crippen molar-refractivity contribution in [3.05, 3.63) is 42.2 Å². The number of anilines is 1. The van der Waals surface area contributed by atoms with E-state index in [0.29, 0.717) is 12.5 Å². The lowest BCUT2D eigenvalue weighted by molar-refractivity contribution is -0.122. The zero-order valence-corrected chi connectivity index (χ0v) is 14.1. The zero-order chi connectivity index (χ0) is 17.6. The summed E-state index contributed by atoms with van der Waals surface area (Å²) in [6.07, 6.45) is 1.44. The van der Waals surface area contributed by atoms with Crippen LogP contribution in [0.25, 0.3) is 0 Å². The number of aromatic nitrogens is 3.